The highest BCUT2D eigenvalue weighted by Crippen LogP contribution is 2.30. The number of hydrogen-bond donors (Lipinski definition) is 1. The minimum Gasteiger partial charge on any atom is -0.351 e. The number of carbonyl (C=O) groups is 4. The first-order valence-corrected chi connectivity index (χ1v) is 18.0. The van der Waals surface area contributed by atoms with E-state index in [9.17, 15) is 41.1 Å². The van der Waals surface area contributed by atoms with E-state index in [1.807, 2.05) is 0 Å². The molecule has 1 N–H and O–H groups in total. The molecule has 8 nitrogen and oxygen atoms in total. The molecule has 4 amide bonds. The summed E-state index contributed by atoms with van der Waals surface area (Å²) in [6.45, 7) is -0.991. The van der Waals surface area contributed by atoms with Gasteiger partial charge in [-0.3, -0.25) is 19.2 Å². The van der Waals surface area contributed by atoms with Gasteiger partial charge in [0.1, 0.15) is 17.7 Å². The molecule has 2 fully saturated rings. The number of rotatable bonds is 8. The van der Waals surface area contributed by atoms with Crippen molar-refractivity contribution < 1.29 is 41.1 Å². The second kappa shape index (κ2) is 17.3. The smallest absolute Gasteiger partial charge is 0.351 e. The Hall–Kier alpha value is -4.23. The summed E-state index contributed by atoms with van der Waals surface area (Å²) in [7, 11) is 1.34. The normalized spacial score (nSPS) is 20.8. The predicted molar refractivity (Wildman–Crippen MR) is 189 cm³/mol. The first kappa shape index (κ1) is 40.0. The first-order chi connectivity index (χ1) is 25.1. The summed E-state index contributed by atoms with van der Waals surface area (Å²) in [5.41, 5.74) is 0.361. The maximum Gasteiger partial charge on any atom is 0.416 e. The summed E-state index contributed by atoms with van der Waals surface area (Å²) in [6.07, 6.45) is -2.16. The van der Waals surface area contributed by atoms with Crippen molar-refractivity contribution in [2.24, 2.45) is 5.92 Å². The number of nitrogens with zero attached hydrogens (tertiary/aromatic N) is 3. The molecule has 2 aliphatic rings. The Kier molecular flexibility index (Phi) is 13.0. The summed E-state index contributed by atoms with van der Waals surface area (Å²) in [6, 6.07) is 10.1. The van der Waals surface area contributed by atoms with Gasteiger partial charge in [0.25, 0.3) is 0 Å². The van der Waals surface area contributed by atoms with E-state index in [1.54, 1.807) is 18.2 Å². The van der Waals surface area contributed by atoms with E-state index in [2.05, 4.69) is 5.32 Å². The molecule has 0 unspecified atom stereocenters. The number of alkyl halides is 3. The van der Waals surface area contributed by atoms with Crippen LogP contribution >= 0.6 is 23.2 Å². The molecule has 284 valence electrons. The Balaban J connectivity index is 1.49. The standard InChI is InChI=1S/C38H39Cl2F5N4O4/c1-47-33(18-24-16-28(41)20-29(42)17-24)37(53)48(14-12-23-6-9-26(10-7-23)38(43,44)45)21-34(50)46-32-5-3-2-4-30(32)36(52)49(22-35(47)51)15-13-25-8-11-27(39)19-31(25)40/h6-11,16-17,19-20,30,32-33H,2-5,12-15,18,21-22H2,1H3,(H,46,50)/t30-,32+,33-/m0/s1. The van der Waals surface area contributed by atoms with Gasteiger partial charge in [-0.05, 0) is 78.8 Å². The van der Waals surface area contributed by atoms with E-state index >= 15 is 0 Å². The monoisotopic (exact) mass is 780 g/mol. The number of hydrogen-bond acceptors (Lipinski definition) is 4. The van der Waals surface area contributed by atoms with Gasteiger partial charge in [-0.25, -0.2) is 8.78 Å². The minimum atomic E-state index is -4.54. The molecule has 1 saturated heterocycles. The largest absolute Gasteiger partial charge is 0.416 e. The molecule has 1 aliphatic heterocycles. The van der Waals surface area contributed by atoms with Gasteiger partial charge in [0.15, 0.2) is 0 Å². The van der Waals surface area contributed by atoms with Crippen molar-refractivity contribution in [3.63, 3.8) is 0 Å². The molecular weight excluding hydrogens is 742 g/mol. The number of fused-ring (bicyclic) bond motifs is 1. The first-order valence-electron chi connectivity index (χ1n) is 17.3. The minimum absolute atomic E-state index is 0.0572. The number of carbonyl (C=O) groups excluding carboxylic acids is 4. The van der Waals surface area contributed by atoms with Crippen molar-refractivity contribution in [2.75, 3.05) is 33.2 Å². The van der Waals surface area contributed by atoms with Crippen LogP contribution in [0.3, 0.4) is 0 Å². The van der Waals surface area contributed by atoms with Gasteiger partial charge >= 0.3 is 6.18 Å². The fourth-order valence-electron chi connectivity index (χ4n) is 6.90. The van der Waals surface area contributed by atoms with Crippen molar-refractivity contribution >= 4 is 46.8 Å². The van der Waals surface area contributed by atoms with Crippen LogP contribution in [0.1, 0.15) is 47.9 Å². The molecular formula is C38H39Cl2F5N4O4. The van der Waals surface area contributed by atoms with Gasteiger partial charge in [0.05, 0.1) is 24.6 Å². The van der Waals surface area contributed by atoms with Crippen LogP contribution in [0.4, 0.5) is 22.0 Å². The fraction of sp³-hybridized carbons (Fsp3) is 0.421. The molecule has 3 atom stereocenters. The lowest BCUT2D eigenvalue weighted by Gasteiger charge is -2.35. The zero-order valence-corrected chi connectivity index (χ0v) is 30.4. The second-order valence-electron chi connectivity index (χ2n) is 13.5. The summed E-state index contributed by atoms with van der Waals surface area (Å²) in [5.74, 6) is -4.74. The molecule has 1 saturated carbocycles. The van der Waals surface area contributed by atoms with E-state index in [1.165, 1.54) is 29.0 Å². The van der Waals surface area contributed by atoms with Gasteiger partial charge < -0.3 is 20.0 Å². The van der Waals surface area contributed by atoms with Crippen LogP contribution in [0.5, 0.6) is 0 Å². The zero-order chi connectivity index (χ0) is 38.4. The molecule has 0 aromatic heterocycles. The van der Waals surface area contributed by atoms with Crippen molar-refractivity contribution in [1.29, 1.82) is 0 Å². The van der Waals surface area contributed by atoms with E-state index in [-0.39, 0.29) is 43.8 Å². The topological polar surface area (TPSA) is 90.0 Å². The Bertz CT molecular complexity index is 1810. The molecule has 3 aromatic rings. The SMILES string of the molecule is CN1C(=O)CN(CCc2ccc(Cl)cc2Cl)C(=O)[C@H]2CCCC[C@H]2NC(=O)CN(CCc2ccc(C(F)(F)F)cc2)C(=O)[C@@H]1Cc1cc(F)cc(F)c1. The maximum atomic E-state index is 14.4. The molecule has 5 rings (SSSR count). The quantitative estimate of drug-likeness (QED) is 0.265. The van der Waals surface area contributed by atoms with E-state index < -0.39 is 72.2 Å². The van der Waals surface area contributed by atoms with Crippen molar-refractivity contribution in [3.05, 3.63) is 105 Å². The average Bonchev–Trinajstić information content (AvgIpc) is 3.10. The molecule has 0 radical (unpaired) electrons. The van der Waals surface area contributed by atoms with E-state index in [4.69, 9.17) is 23.2 Å². The molecule has 53 heavy (non-hydrogen) atoms. The third-order valence-corrected chi connectivity index (χ3v) is 10.4. The van der Waals surface area contributed by atoms with Crippen LogP contribution in [0.2, 0.25) is 10.0 Å². The molecule has 0 spiro atoms. The predicted octanol–water partition coefficient (Wildman–Crippen LogP) is 6.49. The third kappa shape index (κ3) is 10.5. The molecule has 15 heteroatoms. The molecule has 0 bridgehead atoms. The lowest BCUT2D eigenvalue weighted by Crippen LogP contribution is -2.54. The van der Waals surface area contributed by atoms with Crippen LogP contribution in [-0.4, -0.2) is 83.6 Å². The summed E-state index contributed by atoms with van der Waals surface area (Å²) in [4.78, 5) is 60.1. The van der Waals surface area contributed by atoms with Crippen LogP contribution in [0.25, 0.3) is 0 Å². The van der Waals surface area contributed by atoms with Crippen LogP contribution in [0, 0.1) is 17.6 Å². The van der Waals surface area contributed by atoms with Crippen molar-refractivity contribution in [1.82, 2.24) is 20.0 Å². The highest BCUT2D eigenvalue weighted by Gasteiger charge is 2.39. The lowest BCUT2D eigenvalue weighted by molar-refractivity contribution is -0.148. The number of amides is 4. The number of likely N-dealkylation sites (N-methyl/N-ethyl adjacent to an activating group) is 1. The summed E-state index contributed by atoms with van der Waals surface area (Å²) >= 11 is 12.5. The second-order valence-corrected chi connectivity index (χ2v) is 14.4. The van der Waals surface area contributed by atoms with Crippen LogP contribution in [0.15, 0.2) is 60.7 Å². The zero-order valence-electron chi connectivity index (χ0n) is 28.9. The summed E-state index contributed by atoms with van der Waals surface area (Å²) in [5, 5.41) is 3.74. The van der Waals surface area contributed by atoms with Gasteiger partial charge in [-0.2, -0.15) is 13.2 Å². The lowest BCUT2D eigenvalue weighted by atomic mass is 9.83. The van der Waals surface area contributed by atoms with Gasteiger partial charge in [-0.15, -0.1) is 0 Å². The Labute approximate surface area is 314 Å². The highest BCUT2D eigenvalue weighted by molar-refractivity contribution is 6.35. The van der Waals surface area contributed by atoms with Crippen LogP contribution in [-0.2, 0) is 44.6 Å². The van der Waals surface area contributed by atoms with Crippen LogP contribution < -0.4 is 5.32 Å². The highest BCUT2D eigenvalue weighted by atomic mass is 35.5. The maximum absolute atomic E-state index is 14.4. The Morgan fingerprint density at radius 2 is 1.42 bits per heavy atom. The van der Waals surface area contributed by atoms with E-state index in [0.717, 1.165) is 42.0 Å². The van der Waals surface area contributed by atoms with Crippen molar-refractivity contribution in [2.45, 2.75) is 63.2 Å². The number of benzene rings is 3. The number of nitrogens with one attached hydrogen (secondary N) is 1. The fourth-order valence-corrected chi connectivity index (χ4v) is 7.40. The van der Waals surface area contributed by atoms with Gasteiger partial charge in [-0.1, -0.05) is 54.2 Å². The average molecular weight is 782 g/mol. The number of halogens is 7. The third-order valence-electron chi connectivity index (χ3n) is 9.83. The summed E-state index contributed by atoms with van der Waals surface area (Å²) < 4.78 is 68.2. The molecule has 1 aliphatic carbocycles. The van der Waals surface area contributed by atoms with Crippen molar-refractivity contribution in [3.8, 4) is 0 Å². The molecule has 1 heterocycles. The van der Waals surface area contributed by atoms with Gasteiger partial charge in [0, 0.05) is 48.7 Å². The molecule has 3 aromatic carbocycles. The Morgan fingerprint density at radius 1 is 0.774 bits per heavy atom. The Morgan fingerprint density at radius 3 is 2.08 bits per heavy atom. The van der Waals surface area contributed by atoms with Gasteiger partial charge in [0.2, 0.25) is 23.6 Å². The van der Waals surface area contributed by atoms with E-state index in [0.29, 0.717) is 40.1 Å².